The fourth-order valence-corrected chi connectivity index (χ4v) is 5.04. The Balaban J connectivity index is 1.24. The lowest BCUT2D eigenvalue weighted by molar-refractivity contribution is -0.137. The fraction of sp³-hybridized carbons (Fsp3) is 0.267. The molecule has 0 radical (unpaired) electrons. The molecule has 0 spiro atoms. The first-order valence-corrected chi connectivity index (χ1v) is 13.3. The number of morpholine rings is 1. The molecule has 4 heterocycles. The molecule has 12 heteroatoms. The summed E-state index contributed by atoms with van der Waals surface area (Å²) in [6.45, 7) is 3.39. The Morgan fingerprint density at radius 2 is 1.76 bits per heavy atom. The molecule has 1 N–H and O–H groups in total. The van der Waals surface area contributed by atoms with Crippen molar-refractivity contribution in [1.29, 1.82) is 5.26 Å². The largest absolute Gasteiger partial charge is 0.459 e. The van der Waals surface area contributed by atoms with E-state index in [2.05, 4.69) is 20.2 Å². The third-order valence-corrected chi connectivity index (χ3v) is 7.24. The zero-order valence-electron chi connectivity index (χ0n) is 22.3. The van der Waals surface area contributed by atoms with Crippen LogP contribution in [0.4, 0.5) is 30.5 Å². The Morgan fingerprint density at radius 3 is 2.45 bits per heavy atom. The molecule has 9 nitrogen and oxygen atoms in total. The molecular weight excluding hydrogens is 549 g/mol. The van der Waals surface area contributed by atoms with Gasteiger partial charge in [0.05, 0.1) is 24.8 Å². The molecule has 2 aromatic heterocycles. The number of fused-ring (bicyclic) bond motifs is 1. The van der Waals surface area contributed by atoms with Crippen molar-refractivity contribution in [3.8, 4) is 17.5 Å². The van der Waals surface area contributed by atoms with Crippen LogP contribution in [0, 0.1) is 11.3 Å². The Bertz CT molecular complexity index is 1640. The van der Waals surface area contributed by atoms with E-state index in [4.69, 9.17) is 14.4 Å². The third-order valence-electron chi connectivity index (χ3n) is 7.24. The number of furan rings is 1. The molecule has 1 amide bonds. The summed E-state index contributed by atoms with van der Waals surface area (Å²) in [5.41, 5.74) is 1.70. The van der Waals surface area contributed by atoms with Crippen LogP contribution in [0.1, 0.15) is 32.8 Å². The summed E-state index contributed by atoms with van der Waals surface area (Å²) in [7, 11) is 0. The molecule has 2 aliphatic heterocycles. The van der Waals surface area contributed by atoms with Gasteiger partial charge in [0.2, 0.25) is 5.95 Å². The molecule has 214 valence electrons. The highest BCUT2D eigenvalue weighted by atomic mass is 19.4. The van der Waals surface area contributed by atoms with Gasteiger partial charge < -0.3 is 24.3 Å². The number of benzene rings is 2. The Kier molecular flexibility index (Phi) is 7.26. The van der Waals surface area contributed by atoms with Crippen molar-refractivity contribution >= 4 is 23.2 Å². The normalized spacial score (nSPS) is 15.2. The summed E-state index contributed by atoms with van der Waals surface area (Å²) in [5.74, 6) is 0.211. The molecule has 6 rings (SSSR count). The number of halogens is 3. The van der Waals surface area contributed by atoms with Gasteiger partial charge >= 0.3 is 6.18 Å². The average Bonchev–Trinajstić information content (AvgIpc) is 3.45. The number of ether oxygens (including phenoxy) is 1. The van der Waals surface area contributed by atoms with Crippen molar-refractivity contribution in [2.45, 2.75) is 19.1 Å². The summed E-state index contributed by atoms with van der Waals surface area (Å²) < 4.78 is 53.2. The van der Waals surface area contributed by atoms with Crippen molar-refractivity contribution in [2.24, 2.45) is 0 Å². The highest BCUT2D eigenvalue weighted by Gasteiger charge is 2.37. The number of carbonyl (C=O) groups is 1. The minimum absolute atomic E-state index is 0.0101. The van der Waals surface area contributed by atoms with E-state index in [1.165, 1.54) is 6.07 Å². The number of hydrogen-bond acceptors (Lipinski definition) is 8. The molecule has 0 saturated carbocycles. The van der Waals surface area contributed by atoms with E-state index in [0.717, 1.165) is 25.0 Å². The van der Waals surface area contributed by atoms with E-state index in [-0.39, 0.29) is 29.9 Å². The van der Waals surface area contributed by atoms with E-state index in [1.54, 1.807) is 29.2 Å². The Hall–Kier alpha value is -4.89. The SMILES string of the molecule is N#Cc1ccc(C(=O)N2CCc3oc(-c4nc(Nc5ccc(N6CCOCC6)cc5)ncc4C(F)(F)F)cc3C2)cc1. The van der Waals surface area contributed by atoms with Crippen molar-refractivity contribution in [2.75, 3.05) is 43.1 Å². The van der Waals surface area contributed by atoms with Gasteiger partial charge in [0.25, 0.3) is 5.91 Å². The van der Waals surface area contributed by atoms with Gasteiger partial charge in [-0.1, -0.05) is 0 Å². The van der Waals surface area contributed by atoms with Crippen molar-refractivity contribution in [1.82, 2.24) is 14.9 Å². The van der Waals surface area contributed by atoms with Crippen LogP contribution in [0.3, 0.4) is 0 Å². The molecule has 42 heavy (non-hydrogen) atoms. The number of aromatic nitrogens is 2. The fourth-order valence-electron chi connectivity index (χ4n) is 5.04. The van der Waals surface area contributed by atoms with Crippen molar-refractivity contribution in [3.63, 3.8) is 0 Å². The lowest BCUT2D eigenvalue weighted by Crippen LogP contribution is -2.36. The first-order valence-electron chi connectivity index (χ1n) is 13.3. The molecule has 2 aromatic carbocycles. The highest BCUT2D eigenvalue weighted by Crippen LogP contribution is 2.38. The second-order valence-electron chi connectivity index (χ2n) is 9.95. The van der Waals surface area contributed by atoms with E-state index >= 15 is 0 Å². The number of nitriles is 1. The molecule has 0 atom stereocenters. The van der Waals surface area contributed by atoms with Crippen LogP contribution in [0.25, 0.3) is 11.5 Å². The smallest absolute Gasteiger partial charge is 0.420 e. The number of nitrogens with zero attached hydrogens (tertiary/aromatic N) is 5. The maximum Gasteiger partial charge on any atom is 0.420 e. The van der Waals surface area contributed by atoms with Gasteiger partial charge in [0.15, 0.2) is 5.76 Å². The van der Waals surface area contributed by atoms with Gasteiger partial charge in [-0.05, 0) is 54.6 Å². The number of alkyl halides is 3. The average molecular weight is 575 g/mol. The van der Waals surface area contributed by atoms with Crippen LogP contribution in [-0.4, -0.2) is 53.6 Å². The van der Waals surface area contributed by atoms with Crippen LogP contribution in [0.5, 0.6) is 0 Å². The minimum Gasteiger partial charge on any atom is -0.459 e. The van der Waals surface area contributed by atoms with Gasteiger partial charge in [0, 0.05) is 61.3 Å². The van der Waals surface area contributed by atoms with E-state index < -0.39 is 11.7 Å². The molecular formula is C30H25F3N6O3. The molecule has 4 aromatic rings. The topological polar surface area (TPSA) is 108 Å². The maximum absolute atomic E-state index is 14.0. The number of hydrogen-bond donors (Lipinski definition) is 1. The Morgan fingerprint density at radius 1 is 1.02 bits per heavy atom. The van der Waals surface area contributed by atoms with E-state index in [0.29, 0.717) is 54.3 Å². The zero-order valence-corrected chi connectivity index (χ0v) is 22.3. The van der Waals surface area contributed by atoms with Crippen molar-refractivity contribution < 1.29 is 27.1 Å². The number of anilines is 3. The number of nitrogens with one attached hydrogen (secondary N) is 1. The second kappa shape index (κ2) is 11.2. The summed E-state index contributed by atoms with van der Waals surface area (Å²) >= 11 is 0. The number of amides is 1. The standard InChI is InChI=1S/C30H25F3N6O3/c31-30(32,33)24-17-35-29(36-22-5-7-23(8-6-22)38-11-13-41-14-12-38)37-27(24)26-15-21-18-39(10-9-25(21)42-26)28(40)20-3-1-19(16-34)2-4-20/h1-8,15,17H,9-14,18H2,(H,35,36,37). The van der Waals surface area contributed by atoms with E-state index in [1.807, 2.05) is 30.3 Å². The summed E-state index contributed by atoms with van der Waals surface area (Å²) in [5, 5.41) is 12.0. The quantitative estimate of drug-likeness (QED) is 0.338. The van der Waals surface area contributed by atoms with Crippen LogP contribution < -0.4 is 10.2 Å². The van der Waals surface area contributed by atoms with Gasteiger partial charge in [-0.2, -0.15) is 18.4 Å². The predicted molar refractivity (Wildman–Crippen MR) is 147 cm³/mol. The first-order chi connectivity index (χ1) is 20.3. The second-order valence-corrected chi connectivity index (χ2v) is 9.95. The number of carbonyl (C=O) groups excluding carboxylic acids is 1. The summed E-state index contributed by atoms with van der Waals surface area (Å²) in [6.07, 6.45) is -3.63. The third kappa shape index (κ3) is 5.64. The Labute approximate surface area is 239 Å². The lowest BCUT2D eigenvalue weighted by atomic mass is 10.1. The molecule has 2 aliphatic rings. The van der Waals surface area contributed by atoms with E-state index in [9.17, 15) is 18.0 Å². The highest BCUT2D eigenvalue weighted by molar-refractivity contribution is 5.94. The molecule has 1 fully saturated rings. The van der Waals surface area contributed by atoms with Crippen LogP contribution >= 0.6 is 0 Å². The molecule has 0 unspecified atom stereocenters. The van der Waals surface area contributed by atoms with Crippen LogP contribution in [0.2, 0.25) is 0 Å². The predicted octanol–water partition coefficient (Wildman–Crippen LogP) is 5.41. The molecule has 0 bridgehead atoms. The van der Waals surface area contributed by atoms with Crippen LogP contribution in [-0.2, 0) is 23.9 Å². The summed E-state index contributed by atoms with van der Waals surface area (Å²) in [4.78, 5) is 24.9. The first kappa shape index (κ1) is 27.3. The summed E-state index contributed by atoms with van der Waals surface area (Å²) in [6, 6.07) is 17.3. The maximum atomic E-state index is 14.0. The zero-order chi connectivity index (χ0) is 29.3. The number of rotatable bonds is 5. The minimum atomic E-state index is -4.71. The monoisotopic (exact) mass is 574 g/mol. The van der Waals surface area contributed by atoms with Crippen molar-refractivity contribution in [3.05, 3.63) is 88.8 Å². The van der Waals surface area contributed by atoms with Gasteiger partial charge in [-0.25, -0.2) is 9.97 Å². The lowest BCUT2D eigenvalue weighted by Gasteiger charge is -2.28. The molecule has 0 aliphatic carbocycles. The van der Waals surface area contributed by atoms with Gasteiger partial charge in [-0.15, -0.1) is 0 Å². The molecule has 1 saturated heterocycles. The van der Waals surface area contributed by atoms with Gasteiger partial charge in [0.1, 0.15) is 17.0 Å². The van der Waals surface area contributed by atoms with Gasteiger partial charge in [-0.3, -0.25) is 4.79 Å². The van der Waals surface area contributed by atoms with Crippen LogP contribution in [0.15, 0.2) is 65.2 Å².